The Hall–Kier alpha value is -3.08. The average Bonchev–Trinajstić information content (AvgIpc) is 2.79. The zero-order chi connectivity index (χ0) is 19.6. The molecule has 3 heterocycles. The largest absolute Gasteiger partial charge is 0.368 e. The number of aryl methyl sites for hydroxylation is 1. The minimum Gasteiger partial charge on any atom is -0.368 e. The van der Waals surface area contributed by atoms with Crippen LogP contribution >= 0.6 is 0 Å². The van der Waals surface area contributed by atoms with E-state index in [-0.39, 0.29) is 0 Å². The fourth-order valence-electron chi connectivity index (χ4n) is 4.39. The normalized spacial score (nSPS) is 16.7. The van der Waals surface area contributed by atoms with Crippen molar-refractivity contribution in [3.8, 4) is 0 Å². The lowest BCUT2D eigenvalue weighted by Crippen LogP contribution is -2.47. The van der Waals surface area contributed by atoms with Gasteiger partial charge in [0, 0.05) is 51.0 Å². The van der Waals surface area contributed by atoms with Crippen molar-refractivity contribution < 1.29 is 0 Å². The first-order valence-corrected chi connectivity index (χ1v) is 10.5. The van der Waals surface area contributed by atoms with E-state index in [1.807, 2.05) is 0 Å². The Bertz CT molecular complexity index is 994. The number of piperazine rings is 1. The molecular formula is C24H27N5. The summed E-state index contributed by atoms with van der Waals surface area (Å²) in [7, 11) is 0. The number of aromatic nitrogens is 2. The Morgan fingerprint density at radius 3 is 2.21 bits per heavy atom. The maximum atomic E-state index is 4.58. The van der Waals surface area contributed by atoms with E-state index in [2.05, 4.69) is 86.2 Å². The maximum absolute atomic E-state index is 4.58. The Labute approximate surface area is 172 Å². The molecule has 1 aromatic heterocycles. The van der Waals surface area contributed by atoms with Crippen molar-refractivity contribution in [2.24, 2.45) is 0 Å². The fourth-order valence-corrected chi connectivity index (χ4v) is 4.39. The summed E-state index contributed by atoms with van der Waals surface area (Å²) in [5, 5.41) is 0. The highest BCUT2D eigenvalue weighted by Gasteiger charge is 2.21. The summed E-state index contributed by atoms with van der Waals surface area (Å²) >= 11 is 0. The summed E-state index contributed by atoms with van der Waals surface area (Å²) in [6.45, 7) is 8.07. The first-order valence-electron chi connectivity index (χ1n) is 10.5. The highest BCUT2D eigenvalue weighted by molar-refractivity contribution is 5.54. The molecule has 2 aliphatic rings. The topological polar surface area (TPSA) is 35.5 Å². The Morgan fingerprint density at radius 2 is 1.41 bits per heavy atom. The molecule has 0 radical (unpaired) electrons. The van der Waals surface area contributed by atoms with E-state index in [9.17, 15) is 0 Å². The highest BCUT2D eigenvalue weighted by atomic mass is 15.3. The van der Waals surface area contributed by atoms with Gasteiger partial charge >= 0.3 is 0 Å². The Kier molecular flexibility index (Phi) is 4.80. The zero-order valence-electron chi connectivity index (χ0n) is 17.0. The van der Waals surface area contributed by atoms with E-state index < -0.39 is 0 Å². The summed E-state index contributed by atoms with van der Waals surface area (Å²) in [6, 6.07) is 19.7. The van der Waals surface area contributed by atoms with Crippen LogP contribution in [0.2, 0.25) is 0 Å². The van der Waals surface area contributed by atoms with Crippen molar-refractivity contribution in [2.75, 3.05) is 47.4 Å². The molecule has 1 fully saturated rings. The molecule has 0 bridgehead atoms. The van der Waals surface area contributed by atoms with E-state index in [0.717, 1.165) is 57.3 Å². The second kappa shape index (κ2) is 7.74. The monoisotopic (exact) mass is 385 g/mol. The van der Waals surface area contributed by atoms with Crippen LogP contribution in [0.25, 0.3) is 0 Å². The lowest BCUT2D eigenvalue weighted by molar-refractivity contribution is 0.645. The van der Waals surface area contributed by atoms with E-state index in [1.54, 1.807) is 6.33 Å². The molecule has 0 unspecified atom stereocenters. The number of fused-ring (bicyclic) bond motifs is 1. The van der Waals surface area contributed by atoms with Crippen LogP contribution in [0.3, 0.4) is 0 Å². The molecular weight excluding hydrogens is 358 g/mol. The molecule has 0 amide bonds. The van der Waals surface area contributed by atoms with Crippen molar-refractivity contribution in [1.29, 1.82) is 0 Å². The van der Waals surface area contributed by atoms with Crippen molar-refractivity contribution >= 4 is 17.3 Å². The summed E-state index contributed by atoms with van der Waals surface area (Å²) < 4.78 is 0. The molecule has 3 aromatic rings. The lowest BCUT2D eigenvalue weighted by atomic mass is 10.00. The third-order valence-corrected chi connectivity index (χ3v) is 6.06. The summed E-state index contributed by atoms with van der Waals surface area (Å²) in [4.78, 5) is 16.4. The number of benzene rings is 2. The third-order valence-electron chi connectivity index (χ3n) is 6.06. The number of hydrogen-bond donors (Lipinski definition) is 0. The van der Waals surface area contributed by atoms with Crippen molar-refractivity contribution in [2.45, 2.75) is 19.9 Å². The van der Waals surface area contributed by atoms with Crippen LogP contribution in [-0.2, 0) is 13.0 Å². The molecule has 5 rings (SSSR count). The van der Waals surface area contributed by atoms with Gasteiger partial charge in [0.05, 0.1) is 0 Å². The second-order valence-electron chi connectivity index (χ2n) is 7.99. The zero-order valence-corrected chi connectivity index (χ0v) is 17.0. The predicted octanol–water partition coefficient (Wildman–Crippen LogP) is 3.67. The van der Waals surface area contributed by atoms with E-state index in [1.165, 1.54) is 22.4 Å². The number of nitrogens with zero attached hydrogens (tertiary/aromatic N) is 5. The standard InChI is InChI=1S/C24H27N5/c1-19-5-4-8-22(15-19)27-11-13-28(14-12-27)23-16-24(26-18-25-23)29-10-9-20-6-2-3-7-21(20)17-29/h2-8,15-16,18H,9-14,17H2,1H3. The molecule has 29 heavy (non-hydrogen) atoms. The number of hydrogen-bond acceptors (Lipinski definition) is 5. The van der Waals surface area contributed by atoms with Gasteiger partial charge in [0.2, 0.25) is 0 Å². The summed E-state index contributed by atoms with van der Waals surface area (Å²) in [5.74, 6) is 2.07. The highest BCUT2D eigenvalue weighted by Crippen LogP contribution is 2.26. The quantitative estimate of drug-likeness (QED) is 0.687. The molecule has 2 aliphatic heterocycles. The Morgan fingerprint density at radius 1 is 0.690 bits per heavy atom. The van der Waals surface area contributed by atoms with Crippen LogP contribution in [0.15, 0.2) is 60.9 Å². The van der Waals surface area contributed by atoms with Crippen molar-refractivity contribution in [3.05, 3.63) is 77.6 Å². The van der Waals surface area contributed by atoms with E-state index in [4.69, 9.17) is 0 Å². The van der Waals surface area contributed by atoms with Gasteiger partial charge in [0.15, 0.2) is 0 Å². The lowest BCUT2D eigenvalue weighted by Gasteiger charge is -2.37. The van der Waals surface area contributed by atoms with Gasteiger partial charge in [-0.1, -0.05) is 36.4 Å². The van der Waals surface area contributed by atoms with Gasteiger partial charge in [-0.05, 0) is 42.2 Å². The molecule has 2 aromatic carbocycles. The van der Waals surface area contributed by atoms with Crippen LogP contribution in [0.1, 0.15) is 16.7 Å². The molecule has 0 atom stereocenters. The number of rotatable bonds is 3. The van der Waals surface area contributed by atoms with Gasteiger partial charge in [-0.15, -0.1) is 0 Å². The molecule has 0 aliphatic carbocycles. The Balaban J connectivity index is 1.27. The van der Waals surface area contributed by atoms with Crippen LogP contribution in [-0.4, -0.2) is 42.7 Å². The van der Waals surface area contributed by atoms with Gasteiger partial charge in [-0.3, -0.25) is 0 Å². The fraction of sp³-hybridized carbons (Fsp3) is 0.333. The molecule has 148 valence electrons. The van der Waals surface area contributed by atoms with E-state index >= 15 is 0 Å². The van der Waals surface area contributed by atoms with Crippen LogP contribution in [0, 0.1) is 6.92 Å². The second-order valence-corrected chi connectivity index (χ2v) is 7.99. The van der Waals surface area contributed by atoms with Gasteiger partial charge in [-0.2, -0.15) is 0 Å². The summed E-state index contributed by atoms with van der Waals surface area (Å²) in [6.07, 6.45) is 2.79. The molecule has 0 N–H and O–H groups in total. The SMILES string of the molecule is Cc1cccc(N2CCN(c3cc(N4CCc5ccccc5C4)ncn3)CC2)c1. The first-order chi connectivity index (χ1) is 14.3. The van der Waals surface area contributed by atoms with Crippen molar-refractivity contribution in [3.63, 3.8) is 0 Å². The number of anilines is 3. The van der Waals surface area contributed by atoms with Gasteiger partial charge in [-0.25, -0.2) is 9.97 Å². The predicted molar refractivity (Wildman–Crippen MR) is 119 cm³/mol. The minimum atomic E-state index is 0.924. The van der Waals surface area contributed by atoms with Gasteiger partial charge < -0.3 is 14.7 Å². The van der Waals surface area contributed by atoms with Gasteiger partial charge in [0.25, 0.3) is 0 Å². The minimum absolute atomic E-state index is 0.924. The first kappa shape index (κ1) is 18.0. The molecule has 0 saturated carbocycles. The van der Waals surface area contributed by atoms with Crippen LogP contribution in [0.5, 0.6) is 0 Å². The molecule has 1 saturated heterocycles. The molecule has 5 heteroatoms. The average molecular weight is 386 g/mol. The van der Waals surface area contributed by atoms with Crippen molar-refractivity contribution in [1.82, 2.24) is 9.97 Å². The smallest absolute Gasteiger partial charge is 0.134 e. The molecule has 5 nitrogen and oxygen atoms in total. The molecule has 0 spiro atoms. The van der Waals surface area contributed by atoms with Gasteiger partial charge in [0.1, 0.15) is 18.0 Å². The maximum Gasteiger partial charge on any atom is 0.134 e. The summed E-state index contributed by atoms with van der Waals surface area (Å²) in [5.41, 5.74) is 5.50. The van der Waals surface area contributed by atoms with Crippen LogP contribution in [0.4, 0.5) is 17.3 Å². The third kappa shape index (κ3) is 3.77. The van der Waals surface area contributed by atoms with E-state index in [0.29, 0.717) is 0 Å². The van der Waals surface area contributed by atoms with Crippen LogP contribution < -0.4 is 14.7 Å².